The van der Waals surface area contributed by atoms with Gasteiger partial charge in [-0.25, -0.2) is 0 Å². The number of allylic oxidation sites excluding steroid dienone is 1. The smallest absolute Gasteiger partial charge is 0.0979 e. The zero-order valence-corrected chi connectivity index (χ0v) is 9.70. The molecule has 0 aliphatic carbocycles. The molecule has 0 saturated heterocycles. The van der Waals surface area contributed by atoms with Crippen molar-refractivity contribution in [2.75, 3.05) is 7.05 Å². The van der Waals surface area contributed by atoms with Crippen LogP contribution in [0.5, 0.6) is 0 Å². The fourth-order valence-corrected chi connectivity index (χ4v) is 1.90. The van der Waals surface area contributed by atoms with E-state index < -0.39 is 0 Å². The molecule has 1 rings (SSSR count). The second-order valence-corrected chi connectivity index (χ2v) is 4.49. The van der Waals surface area contributed by atoms with Crippen molar-refractivity contribution in [1.82, 2.24) is 9.80 Å². The Hall–Kier alpha value is -0.660. The highest BCUT2D eigenvalue weighted by Crippen LogP contribution is 2.27. The molecule has 76 valence electrons. The van der Waals surface area contributed by atoms with Crippen LogP contribution in [-0.2, 0) is 0 Å². The molecule has 0 N–H and O–H groups in total. The molecular formula is C11H22N2. The first-order valence-corrected chi connectivity index (χ1v) is 5.17. The topological polar surface area (TPSA) is 6.48 Å². The molecule has 1 aliphatic heterocycles. The summed E-state index contributed by atoms with van der Waals surface area (Å²) in [5.41, 5.74) is 1.45. The van der Waals surface area contributed by atoms with E-state index in [-0.39, 0.29) is 0 Å². The Kier molecular flexibility index (Phi) is 2.89. The lowest BCUT2D eigenvalue weighted by molar-refractivity contribution is 0.153. The van der Waals surface area contributed by atoms with E-state index in [9.17, 15) is 0 Å². The van der Waals surface area contributed by atoms with Crippen LogP contribution in [0.3, 0.4) is 0 Å². The third-order valence-corrected chi connectivity index (χ3v) is 2.87. The van der Waals surface area contributed by atoms with Crippen LogP contribution in [-0.4, -0.2) is 29.1 Å². The van der Waals surface area contributed by atoms with Gasteiger partial charge in [0, 0.05) is 25.0 Å². The van der Waals surface area contributed by atoms with Crippen molar-refractivity contribution in [1.29, 1.82) is 0 Å². The lowest BCUT2D eigenvalue weighted by atomic mass is 10.1. The van der Waals surface area contributed by atoms with E-state index in [1.54, 1.807) is 0 Å². The van der Waals surface area contributed by atoms with Gasteiger partial charge in [-0.1, -0.05) is 13.8 Å². The van der Waals surface area contributed by atoms with Gasteiger partial charge in [-0.05, 0) is 26.7 Å². The Bertz CT molecular complexity index is 206. The number of rotatable bonds is 2. The standard InChI is InChI=1S/C11H22N2/c1-8(2)11-7-13(9(3)4)10(5)12(11)6/h7-10H,1-6H3. The summed E-state index contributed by atoms with van der Waals surface area (Å²) in [4.78, 5) is 4.78. The molecule has 0 aromatic rings. The van der Waals surface area contributed by atoms with Crippen molar-refractivity contribution in [3.05, 3.63) is 11.9 Å². The van der Waals surface area contributed by atoms with Crippen LogP contribution >= 0.6 is 0 Å². The van der Waals surface area contributed by atoms with Crippen LogP contribution in [0.1, 0.15) is 34.6 Å². The van der Waals surface area contributed by atoms with Gasteiger partial charge in [-0.15, -0.1) is 0 Å². The second-order valence-electron chi connectivity index (χ2n) is 4.49. The van der Waals surface area contributed by atoms with Gasteiger partial charge in [0.2, 0.25) is 0 Å². The molecule has 0 spiro atoms. The maximum Gasteiger partial charge on any atom is 0.0979 e. The van der Waals surface area contributed by atoms with Crippen molar-refractivity contribution in [3.63, 3.8) is 0 Å². The van der Waals surface area contributed by atoms with E-state index in [2.05, 4.69) is 57.7 Å². The van der Waals surface area contributed by atoms with Crippen LogP contribution in [0.4, 0.5) is 0 Å². The molecule has 2 heteroatoms. The Morgan fingerprint density at radius 2 is 1.77 bits per heavy atom. The van der Waals surface area contributed by atoms with Crippen LogP contribution in [0.2, 0.25) is 0 Å². The maximum absolute atomic E-state index is 2.41. The molecule has 1 unspecified atom stereocenters. The fraction of sp³-hybridized carbons (Fsp3) is 0.818. The summed E-state index contributed by atoms with van der Waals surface area (Å²) < 4.78 is 0. The zero-order valence-electron chi connectivity index (χ0n) is 9.70. The highest BCUT2D eigenvalue weighted by Gasteiger charge is 2.28. The van der Waals surface area contributed by atoms with Crippen LogP contribution in [0.15, 0.2) is 11.9 Å². The molecule has 0 bridgehead atoms. The first kappa shape index (κ1) is 10.4. The largest absolute Gasteiger partial charge is 0.356 e. The molecular weight excluding hydrogens is 160 g/mol. The minimum absolute atomic E-state index is 0.511. The van der Waals surface area contributed by atoms with Crippen molar-refractivity contribution in [2.24, 2.45) is 5.92 Å². The first-order chi connectivity index (χ1) is 5.95. The lowest BCUT2D eigenvalue weighted by Crippen LogP contribution is -2.38. The van der Waals surface area contributed by atoms with Gasteiger partial charge in [0.05, 0.1) is 6.17 Å². The van der Waals surface area contributed by atoms with E-state index in [0.717, 1.165) is 0 Å². The van der Waals surface area contributed by atoms with Gasteiger partial charge < -0.3 is 9.80 Å². The van der Waals surface area contributed by atoms with Gasteiger partial charge in [0.15, 0.2) is 0 Å². The average Bonchev–Trinajstić information content (AvgIpc) is 2.29. The summed E-state index contributed by atoms with van der Waals surface area (Å²) in [6.07, 6.45) is 2.82. The Morgan fingerprint density at radius 1 is 1.23 bits per heavy atom. The molecule has 1 heterocycles. The lowest BCUT2D eigenvalue weighted by Gasteiger charge is -2.31. The maximum atomic E-state index is 2.41. The first-order valence-electron chi connectivity index (χ1n) is 5.17. The van der Waals surface area contributed by atoms with Gasteiger partial charge in [-0.2, -0.15) is 0 Å². The monoisotopic (exact) mass is 182 g/mol. The molecule has 1 aliphatic rings. The molecule has 2 nitrogen and oxygen atoms in total. The third kappa shape index (κ3) is 1.82. The molecule has 0 saturated carbocycles. The van der Waals surface area contributed by atoms with Gasteiger partial charge in [0.1, 0.15) is 0 Å². The van der Waals surface area contributed by atoms with E-state index in [4.69, 9.17) is 0 Å². The molecule has 0 aromatic heterocycles. The number of hydrogen-bond donors (Lipinski definition) is 0. The summed E-state index contributed by atoms with van der Waals surface area (Å²) in [7, 11) is 2.18. The SMILES string of the molecule is CC(C)C1=CN(C(C)C)C(C)N1C. The third-order valence-electron chi connectivity index (χ3n) is 2.87. The molecule has 0 radical (unpaired) electrons. The van der Waals surface area contributed by atoms with Crippen molar-refractivity contribution >= 4 is 0 Å². The second kappa shape index (κ2) is 3.60. The summed E-state index contributed by atoms with van der Waals surface area (Å²) in [6.45, 7) is 11.2. The number of nitrogens with zero attached hydrogens (tertiary/aromatic N) is 2. The quantitative estimate of drug-likeness (QED) is 0.647. The predicted molar refractivity (Wildman–Crippen MR) is 57.1 cm³/mol. The van der Waals surface area contributed by atoms with Crippen LogP contribution in [0.25, 0.3) is 0 Å². The van der Waals surface area contributed by atoms with E-state index >= 15 is 0 Å². The van der Waals surface area contributed by atoms with Gasteiger partial charge in [-0.3, -0.25) is 0 Å². The predicted octanol–water partition coefficient (Wildman–Crippen LogP) is 2.49. The highest BCUT2D eigenvalue weighted by molar-refractivity contribution is 5.11. The van der Waals surface area contributed by atoms with Crippen molar-refractivity contribution in [2.45, 2.75) is 46.8 Å². The fourth-order valence-electron chi connectivity index (χ4n) is 1.90. The normalized spacial score (nSPS) is 23.4. The summed E-state index contributed by atoms with van der Waals surface area (Å²) >= 11 is 0. The van der Waals surface area contributed by atoms with Gasteiger partial charge >= 0.3 is 0 Å². The zero-order chi connectivity index (χ0) is 10.2. The van der Waals surface area contributed by atoms with E-state index in [1.807, 2.05) is 0 Å². The highest BCUT2D eigenvalue weighted by atomic mass is 15.4. The van der Waals surface area contributed by atoms with Crippen molar-refractivity contribution in [3.8, 4) is 0 Å². The molecule has 13 heavy (non-hydrogen) atoms. The number of hydrogen-bond acceptors (Lipinski definition) is 2. The molecule has 0 fully saturated rings. The molecule has 0 aromatic carbocycles. The Labute approximate surface area is 82.2 Å². The minimum Gasteiger partial charge on any atom is -0.356 e. The summed E-state index contributed by atoms with van der Waals surface area (Å²) in [5.74, 6) is 0.621. The van der Waals surface area contributed by atoms with Gasteiger partial charge in [0.25, 0.3) is 0 Å². The van der Waals surface area contributed by atoms with Crippen molar-refractivity contribution < 1.29 is 0 Å². The summed E-state index contributed by atoms with van der Waals surface area (Å²) in [6, 6.07) is 0.591. The molecule has 0 amide bonds. The van der Waals surface area contributed by atoms with E-state index in [0.29, 0.717) is 18.1 Å². The van der Waals surface area contributed by atoms with E-state index in [1.165, 1.54) is 5.70 Å². The average molecular weight is 182 g/mol. The van der Waals surface area contributed by atoms with Crippen LogP contribution in [0, 0.1) is 5.92 Å². The Morgan fingerprint density at radius 3 is 2.00 bits per heavy atom. The van der Waals surface area contributed by atoms with Crippen LogP contribution < -0.4 is 0 Å². The molecule has 1 atom stereocenters. The minimum atomic E-state index is 0.511. The summed E-state index contributed by atoms with van der Waals surface area (Å²) in [5, 5.41) is 0. The Balaban J connectivity index is 2.82.